The third-order valence-corrected chi connectivity index (χ3v) is 1.70. The molecule has 2 nitrogen and oxygen atoms in total. The van der Waals surface area contributed by atoms with E-state index < -0.39 is 0 Å². The highest BCUT2D eigenvalue weighted by atomic mass is 35.5. The molecule has 0 atom stereocenters. The molecule has 54 valence electrons. The maximum absolute atomic E-state index is 5.71. The average molecular weight is 157 g/mol. The second-order valence-electron chi connectivity index (χ2n) is 2.05. The van der Waals surface area contributed by atoms with Gasteiger partial charge in [-0.15, -0.1) is 0 Å². The van der Waals surface area contributed by atoms with Crippen LogP contribution < -0.4 is 5.73 Å². The summed E-state index contributed by atoms with van der Waals surface area (Å²) in [5.41, 5.74) is 7.28. The SMILES string of the molecule is CCc1cncc(Cl)c1N. The maximum Gasteiger partial charge on any atom is 0.0821 e. The zero-order valence-corrected chi connectivity index (χ0v) is 6.52. The van der Waals surface area contributed by atoms with Crippen molar-refractivity contribution in [3.8, 4) is 0 Å². The first-order chi connectivity index (χ1) is 4.75. The number of aromatic nitrogens is 1. The van der Waals surface area contributed by atoms with Crippen LogP contribution in [-0.2, 0) is 6.42 Å². The molecule has 10 heavy (non-hydrogen) atoms. The summed E-state index contributed by atoms with van der Waals surface area (Å²) in [6, 6.07) is 0. The highest BCUT2D eigenvalue weighted by Crippen LogP contribution is 2.20. The summed E-state index contributed by atoms with van der Waals surface area (Å²) in [6.07, 6.45) is 4.16. The van der Waals surface area contributed by atoms with Crippen molar-refractivity contribution in [1.29, 1.82) is 0 Å². The quantitative estimate of drug-likeness (QED) is 0.675. The fraction of sp³-hybridized carbons (Fsp3) is 0.286. The number of aryl methyl sites for hydroxylation is 1. The Morgan fingerprint density at radius 3 is 2.80 bits per heavy atom. The number of anilines is 1. The van der Waals surface area contributed by atoms with E-state index >= 15 is 0 Å². The van der Waals surface area contributed by atoms with Gasteiger partial charge in [0.2, 0.25) is 0 Å². The number of nitrogen functional groups attached to an aromatic ring is 1. The monoisotopic (exact) mass is 156 g/mol. The molecule has 0 spiro atoms. The van der Waals surface area contributed by atoms with E-state index in [2.05, 4.69) is 4.98 Å². The Labute approximate surface area is 65.0 Å². The normalized spacial score (nSPS) is 9.80. The van der Waals surface area contributed by atoms with Crippen LogP contribution in [0.4, 0.5) is 5.69 Å². The molecule has 0 unspecified atom stereocenters. The molecule has 0 fully saturated rings. The first kappa shape index (κ1) is 7.35. The summed E-state index contributed by atoms with van der Waals surface area (Å²) >= 11 is 5.71. The van der Waals surface area contributed by atoms with E-state index in [1.807, 2.05) is 6.92 Å². The van der Waals surface area contributed by atoms with E-state index in [9.17, 15) is 0 Å². The third kappa shape index (κ3) is 1.21. The van der Waals surface area contributed by atoms with Crippen molar-refractivity contribution in [2.75, 3.05) is 5.73 Å². The van der Waals surface area contributed by atoms with Crippen molar-refractivity contribution in [2.45, 2.75) is 13.3 Å². The van der Waals surface area contributed by atoms with Crippen molar-refractivity contribution in [3.63, 3.8) is 0 Å². The molecule has 1 heterocycles. The highest BCUT2D eigenvalue weighted by Gasteiger charge is 1.99. The summed E-state index contributed by atoms with van der Waals surface area (Å²) in [4.78, 5) is 3.90. The zero-order valence-electron chi connectivity index (χ0n) is 5.76. The summed E-state index contributed by atoms with van der Waals surface area (Å²) < 4.78 is 0. The van der Waals surface area contributed by atoms with Crippen molar-refractivity contribution in [1.82, 2.24) is 4.98 Å². The summed E-state index contributed by atoms with van der Waals surface area (Å²) in [6.45, 7) is 2.02. The first-order valence-electron chi connectivity index (χ1n) is 3.13. The molecule has 3 heteroatoms. The van der Waals surface area contributed by atoms with E-state index in [4.69, 9.17) is 17.3 Å². The molecule has 0 aromatic carbocycles. The van der Waals surface area contributed by atoms with Gasteiger partial charge in [-0.25, -0.2) is 0 Å². The molecule has 1 rings (SSSR count). The lowest BCUT2D eigenvalue weighted by Crippen LogP contribution is -1.94. The molecule has 2 N–H and O–H groups in total. The van der Waals surface area contributed by atoms with Gasteiger partial charge in [-0.3, -0.25) is 4.98 Å². The largest absolute Gasteiger partial charge is 0.397 e. The lowest BCUT2D eigenvalue weighted by molar-refractivity contribution is 1.11. The number of pyridine rings is 1. The van der Waals surface area contributed by atoms with Crippen LogP contribution in [0.2, 0.25) is 5.02 Å². The molecular weight excluding hydrogens is 148 g/mol. The van der Waals surface area contributed by atoms with E-state index in [1.165, 1.54) is 0 Å². The third-order valence-electron chi connectivity index (χ3n) is 1.40. The predicted octanol–water partition coefficient (Wildman–Crippen LogP) is 1.88. The van der Waals surface area contributed by atoms with E-state index in [-0.39, 0.29) is 0 Å². The zero-order chi connectivity index (χ0) is 7.56. The molecule has 0 aliphatic heterocycles. The number of nitrogens with zero attached hydrogens (tertiary/aromatic N) is 1. The lowest BCUT2D eigenvalue weighted by atomic mass is 10.2. The van der Waals surface area contributed by atoms with Gasteiger partial charge in [0.1, 0.15) is 0 Å². The highest BCUT2D eigenvalue weighted by molar-refractivity contribution is 6.33. The van der Waals surface area contributed by atoms with E-state index in [1.54, 1.807) is 12.4 Å². The van der Waals surface area contributed by atoms with Crippen LogP contribution in [0.5, 0.6) is 0 Å². The van der Waals surface area contributed by atoms with Gasteiger partial charge in [0.15, 0.2) is 0 Å². The molecule has 0 amide bonds. The molecular formula is C7H9ClN2. The first-order valence-corrected chi connectivity index (χ1v) is 3.51. The molecule has 0 aliphatic rings. The summed E-state index contributed by atoms with van der Waals surface area (Å²) in [7, 11) is 0. The van der Waals surface area contributed by atoms with Crippen molar-refractivity contribution in [3.05, 3.63) is 23.0 Å². The second kappa shape index (κ2) is 2.88. The Morgan fingerprint density at radius 2 is 2.30 bits per heavy atom. The molecule has 0 saturated carbocycles. The number of halogens is 1. The Balaban J connectivity index is 3.14. The molecule has 1 aromatic rings. The number of nitrogens with two attached hydrogens (primary N) is 1. The van der Waals surface area contributed by atoms with Gasteiger partial charge in [0.25, 0.3) is 0 Å². The Bertz CT molecular complexity index is 235. The Kier molecular flexibility index (Phi) is 2.12. The van der Waals surface area contributed by atoms with Crippen molar-refractivity contribution in [2.24, 2.45) is 0 Å². The molecule has 1 aromatic heterocycles. The minimum Gasteiger partial charge on any atom is -0.397 e. The minimum absolute atomic E-state index is 0.541. The Morgan fingerprint density at radius 1 is 1.60 bits per heavy atom. The van der Waals surface area contributed by atoms with E-state index in [0.29, 0.717) is 10.7 Å². The van der Waals surface area contributed by atoms with Crippen LogP contribution in [0, 0.1) is 0 Å². The lowest BCUT2D eigenvalue weighted by Gasteiger charge is -2.01. The fourth-order valence-corrected chi connectivity index (χ4v) is 0.945. The van der Waals surface area contributed by atoms with Gasteiger partial charge in [-0.05, 0) is 12.0 Å². The van der Waals surface area contributed by atoms with Crippen LogP contribution in [-0.4, -0.2) is 4.98 Å². The minimum atomic E-state index is 0.541. The second-order valence-corrected chi connectivity index (χ2v) is 2.45. The molecule has 0 bridgehead atoms. The standard InChI is InChI=1S/C7H9ClN2/c1-2-5-3-10-4-6(8)7(5)9/h3-4H,2H2,1H3,(H2,9,10). The van der Waals surface area contributed by atoms with E-state index in [0.717, 1.165) is 12.0 Å². The fourth-order valence-electron chi connectivity index (χ4n) is 0.767. The van der Waals surface area contributed by atoms with Gasteiger partial charge in [-0.1, -0.05) is 18.5 Å². The number of hydrogen-bond acceptors (Lipinski definition) is 2. The maximum atomic E-state index is 5.71. The topological polar surface area (TPSA) is 38.9 Å². The van der Waals surface area contributed by atoms with Crippen LogP contribution in [0.1, 0.15) is 12.5 Å². The van der Waals surface area contributed by atoms with Crippen LogP contribution in [0.15, 0.2) is 12.4 Å². The average Bonchev–Trinajstić information content (AvgIpc) is 1.95. The van der Waals surface area contributed by atoms with Crippen molar-refractivity contribution < 1.29 is 0 Å². The predicted molar refractivity (Wildman–Crippen MR) is 43.0 cm³/mol. The number of hydrogen-bond donors (Lipinski definition) is 1. The van der Waals surface area contributed by atoms with Gasteiger partial charge < -0.3 is 5.73 Å². The smallest absolute Gasteiger partial charge is 0.0821 e. The van der Waals surface area contributed by atoms with Crippen LogP contribution in [0.25, 0.3) is 0 Å². The molecule has 0 radical (unpaired) electrons. The summed E-state index contributed by atoms with van der Waals surface area (Å²) in [5, 5.41) is 0.541. The van der Waals surface area contributed by atoms with Crippen LogP contribution >= 0.6 is 11.6 Å². The van der Waals surface area contributed by atoms with Crippen molar-refractivity contribution >= 4 is 17.3 Å². The number of rotatable bonds is 1. The van der Waals surface area contributed by atoms with Gasteiger partial charge in [-0.2, -0.15) is 0 Å². The Hall–Kier alpha value is -0.760. The van der Waals surface area contributed by atoms with Crippen LogP contribution in [0.3, 0.4) is 0 Å². The molecule has 0 aliphatic carbocycles. The van der Waals surface area contributed by atoms with Gasteiger partial charge in [0.05, 0.1) is 10.7 Å². The summed E-state index contributed by atoms with van der Waals surface area (Å²) in [5.74, 6) is 0. The van der Waals surface area contributed by atoms with Gasteiger partial charge >= 0.3 is 0 Å². The molecule has 0 saturated heterocycles. The van der Waals surface area contributed by atoms with Gasteiger partial charge in [0, 0.05) is 12.4 Å².